The molecule has 0 aromatic heterocycles. The average molecular weight is 569 g/mol. The van der Waals surface area contributed by atoms with E-state index in [2.05, 4.69) is 10.6 Å². The Morgan fingerprint density at radius 2 is 1.44 bits per heavy atom. The van der Waals surface area contributed by atoms with E-state index in [1.807, 2.05) is 91.0 Å². The summed E-state index contributed by atoms with van der Waals surface area (Å²) in [6.07, 6.45) is -0.185. The van der Waals surface area contributed by atoms with Gasteiger partial charge in [0.1, 0.15) is 0 Å². The lowest BCUT2D eigenvalue weighted by molar-refractivity contribution is -0.245. The SMILES string of the molecule is CC(=O)Nc1ccc(SCC2CC(c3ccc(CO)cc3)OC(c3ccc(NC(=O)c4ccccc4)cc3)O2)cc1. The number of anilines is 2. The Labute approximate surface area is 243 Å². The molecule has 8 heteroatoms. The van der Waals surface area contributed by atoms with Crippen LogP contribution in [0.25, 0.3) is 0 Å². The molecule has 0 bridgehead atoms. The molecule has 1 fully saturated rings. The molecule has 4 aromatic rings. The molecule has 41 heavy (non-hydrogen) atoms. The molecule has 0 saturated carbocycles. The van der Waals surface area contributed by atoms with Crippen LogP contribution in [0.2, 0.25) is 0 Å². The van der Waals surface area contributed by atoms with Crippen molar-refractivity contribution >= 4 is 35.0 Å². The lowest BCUT2D eigenvalue weighted by atomic mass is 10.0. The Morgan fingerprint density at radius 1 is 0.805 bits per heavy atom. The monoisotopic (exact) mass is 568 g/mol. The number of thioether (sulfide) groups is 1. The Balaban J connectivity index is 1.29. The zero-order chi connectivity index (χ0) is 28.6. The molecule has 1 aliphatic heterocycles. The van der Waals surface area contributed by atoms with Crippen LogP contribution in [0.5, 0.6) is 0 Å². The summed E-state index contributed by atoms with van der Waals surface area (Å²) >= 11 is 1.69. The average Bonchev–Trinajstić information content (AvgIpc) is 3.01. The van der Waals surface area contributed by atoms with Gasteiger partial charge < -0.3 is 25.2 Å². The molecule has 1 heterocycles. The zero-order valence-electron chi connectivity index (χ0n) is 22.7. The predicted molar refractivity (Wildman–Crippen MR) is 161 cm³/mol. The standard InChI is InChI=1S/C33H32N2O5S/c1-22(37)34-27-15-17-30(18-16-27)41-21-29-19-31(24-9-7-23(20-36)8-10-24)40-33(39-29)26-11-13-28(14-12-26)35-32(38)25-5-3-2-4-6-25/h2-18,29,31,33,36H,19-21H2,1H3,(H,34,37)(H,35,38). The van der Waals surface area contributed by atoms with Crippen molar-refractivity contribution in [2.75, 3.05) is 16.4 Å². The zero-order valence-corrected chi connectivity index (χ0v) is 23.5. The minimum absolute atomic E-state index is 0.00924. The number of benzene rings is 4. The van der Waals surface area contributed by atoms with Crippen LogP contribution < -0.4 is 10.6 Å². The van der Waals surface area contributed by atoms with Gasteiger partial charge >= 0.3 is 0 Å². The van der Waals surface area contributed by atoms with E-state index in [4.69, 9.17) is 9.47 Å². The molecule has 210 valence electrons. The molecule has 0 aliphatic carbocycles. The number of carbonyl (C=O) groups excluding carboxylic acids is 2. The second-order valence-corrected chi connectivity index (χ2v) is 10.9. The van der Waals surface area contributed by atoms with E-state index < -0.39 is 6.29 Å². The maximum Gasteiger partial charge on any atom is 0.255 e. The molecule has 4 aromatic carbocycles. The van der Waals surface area contributed by atoms with Gasteiger partial charge in [-0.05, 0) is 59.7 Å². The third kappa shape index (κ3) is 7.83. The third-order valence-electron chi connectivity index (χ3n) is 6.70. The second kappa shape index (κ2) is 13.6. The van der Waals surface area contributed by atoms with Gasteiger partial charge in [-0.15, -0.1) is 11.8 Å². The van der Waals surface area contributed by atoms with Crippen LogP contribution in [0.15, 0.2) is 108 Å². The van der Waals surface area contributed by atoms with Crippen LogP contribution in [0.3, 0.4) is 0 Å². The summed E-state index contributed by atoms with van der Waals surface area (Å²) in [5, 5.41) is 15.2. The molecule has 1 aliphatic rings. The van der Waals surface area contributed by atoms with Crippen molar-refractivity contribution in [3.63, 3.8) is 0 Å². The van der Waals surface area contributed by atoms with Crippen molar-refractivity contribution in [1.82, 2.24) is 0 Å². The van der Waals surface area contributed by atoms with Crippen molar-refractivity contribution < 1.29 is 24.2 Å². The Bertz CT molecular complexity index is 1440. The van der Waals surface area contributed by atoms with Crippen LogP contribution in [-0.4, -0.2) is 28.8 Å². The fourth-order valence-corrected chi connectivity index (χ4v) is 5.49. The highest BCUT2D eigenvalue weighted by Gasteiger charge is 2.32. The lowest BCUT2D eigenvalue weighted by Gasteiger charge is -2.36. The minimum Gasteiger partial charge on any atom is -0.392 e. The number of carbonyl (C=O) groups is 2. The van der Waals surface area contributed by atoms with Gasteiger partial charge in [0.15, 0.2) is 6.29 Å². The number of hydrogen-bond acceptors (Lipinski definition) is 6. The van der Waals surface area contributed by atoms with Crippen molar-refractivity contribution in [2.45, 2.75) is 43.3 Å². The molecule has 3 atom stereocenters. The number of nitrogens with one attached hydrogen (secondary N) is 2. The van der Waals surface area contributed by atoms with E-state index >= 15 is 0 Å². The van der Waals surface area contributed by atoms with Crippen LogP contribution in [-0.2, 0) is 20.9 Å². The Hall–Kier alpha value is -3.95. The first-order chi connectivity index (χ1) is 20.0. The molecular formula is C33H32N2O5S. The van der Waals surface area contributed by atoms with Gasteiger partial charge in [-0.1, -0.05) is 54.6 Å². The normalized spacial score (nSPS) is 18.4. The van der Waals surface area contributed by atoms with Gasteiger partial charge in [-0.25, -0.2) is 0 Å². The summed E-state index contributed by atoms with van der Waals surface area (Å²) in [7, 11) is 0. The highest BCUT2D eigenvalue weighted by Crippen LogP contribution is 2.39. The topological polar surface area (TPSA) is 96.9 Å². The molecule has 3 N–H and O–H groups in total. The number of hydrogen-bond donors (Lipinski definition) is 3. The fraction of sp³-hybridized carbons (Fsp3) is 0.212. The Morgan fingerprint density at radius 3 is 2.10 bits per heavy atom. The van der Waals surface area contributed by atoms with Gasteiger partial charge in [-0.3, -0.25) is 9.59 Å². The molecular weight excluding hydrogens is 536 g/mol. The summed E-state index contributed by atoms with van der Waals surface area (Å²) in [6, 6.07) is 32.2. The van der Waals surface area contributed by atoms with Crippen LogP contribution in [0.1, 0.15) is 52.8 Å². The maximum absolute atomic E-state index is 12.5. The van der Waals surface area contributed by atoms with E-state index in [1.165, 1.54) is 6.92 Å². The highest BCUT2D eigenvalue weighted by molar-refractivity contribution is 7.99. The first-order valence-electron chi connectivity index (χ1n) is 13.4. The predicted octanol–water partition coefficient (Wildman–Crippen LogP) is 6.73. The highest BCUT2D eigenvalue weighted by atomic mass is 32.2. The van der Waals surface area contributed by atoms with E-state index in [1.54, 1.807) is 23.9 Å². The molecule has 7 nitrogen and oxygen atoms in total. The van der Waals surface area contributed by atoms with E-state index in [9.17, 15) is 14.7 Å². The summed E-state index contributed by atoms with van der Waals surface area (Å²) in [6.45, 7) is 1.48. The smallest absolute Gasteiger partial charge is 0.255 e. The summed E-state index contributed by atoms with van der Waals surface area (Å²) in [5.41, 5.74) is 4.77. The van der Waals surface area contributed by atoms with Crippen molar-refractivity contribution in [2.24, 2.45) is 0 Å². The number of amides is 2. The van der Waals surface area contributed by atoms with Crippen molar-refractivity contribution in [3.8, 4) is 0 Å². The number of ether oxygens (including phenoxy) is 2. The Kier molecular flexibility index (Phi) is 9.48. The van der Waals surface area contributed by atoms with Gasteiger partial charge in [0, 0.05) is 46.5 Å². The molecule has 0 spiro atoms. The molecule has 5 rings (SSSR count). The summed E-state index contributed by atoms with van der Waals surface area (Å²) < 4.78 is 12.9. The maximum atomic E-state index is 12.5. The molecule has 3 unspecified atom stereocenters. The van der Waals surface area contributed by atoms with Gasteiger partial charge in [-0.2, -0.15) is 0 Å². The van der Waals surface area contributed by atoms with E-state index in [-0.39, 0.29) is 30.6 Å². The largest absolute Gasteiger partial charge is 0.392 e. The first-order valence-corrected chi connectivity index (χ1v) is 14.4. The van der Waals surface area contributed by atoms with Crippen molar-refractivity contribution in [1.29, 1.82) is 0 Å². The van der Waals surface area contributed by atoms with E-state index in [0.29, 0.717) is 17.7 Å². The summed E-state index contributed by atoms with van der Waals surface area (Å²) in [4.78, 5) is 24.9. The van der Waals surface area contributed by atoms with Gasteiger partial charge in [0.05, 0.1) is 18.8 Å². The fourth-order valence-electron chi connectivity index (χ4n) is 4.57. The van der Waals surface area contributed by atoms with Crippen LogP contribution >= 0.6 is 11.8 Å². The number of aliphatic hydroxyl groups is 1. The lowest BCUT2D eigenvalue weighted by Crippen LogP contribution is -2.31. The van der Waals surface area contributed by atoms with E-state index in [0.717, 1.165) is 33.0 Å². The third-order valence-corrected chi connectivity index (χ3v) is 7.85. The summed E-state index contributed by atoms with van der Waals surface area (Å²) in [5.74, 6) is 0.448. The minimum atomic E-state index is -0.585. The molecule has 2 amide bonds. The first kappa shape index (κ1) is 28.6. The quantitative estimate of drug-likeness (QED) is 0.194. The van der Waals surface area contributed by atoms with Gasteiger partial charge in [0.2, 0.25) is 5.91 Å². The molecule has 1 saturated heterocycles. The number of aliphatic hydroxyl groups excluding tert-OH is 1. The second-order valence-electron chi connectivity index (χ2n) is 9.81. The number of rotatable bonds is 9. The van der Waals surface area contributed by atoms with Gasteiger partial charge in [0.25, 0.3) is 5.91 Å². The van der Waals surface area contributed by atoms with Crippen LogP contribution in [0, 0.1) is 0 Å². The molecule has 0 radical (unpaired) electrons. The van der Waals surface area contributed by atoms with Crippen LogP contribution in [0.4, 0.5) is 11.4 Å². The van der Waals surface area contributed by atoms with Crippen molar-refractivity contribution in [3.05, 3.63) is 125 Å².